The van der Waals surface area contributed by atoms with Crippen molar-refractivity contribution in [2.75, 3.05) is 0 Å². The van der Waals surface area contributed by atoms with Crippen molar-refractivity contribution in [1.82, 2.24) is 19.9 Å². The zero-order chi connectivity index (χ0) is 24.0. The highest BCUT2D eigenvalue weighted by Crippen LogP contribution is 2.32. The molecule has 0 aliphatic heterocycles. The summed E-state index contributed by atoms with van der Waals surface area (Å²) in [6.45, 7) is 0.446. The van der Waals surface area contributed by atoms with Crippen LogP contribution in [0, 0.1) is 0 Å². The zero-order valence-electron chi connectivity index (χ0n) is 19.5. The number of nitrogens with zero attached hydrogens (tertiary/aromatic N) is 3. The maximum Gasteiger partial charge on any atom is 0.262 e. The van der Waals surface area contributed by atoms with Gasteiger partial charge in [0.25, 0.3) is 11.5 Å². The predicted molar refractivity (Wildman–Crippen MR) is 140 cm³/mol. The highest BCUT2D eigenvalue weighted by molar-refractivity contribution is 7.98. The van der Waals surface area contributed by atoms with Gasteiger partial charge in [0.05, 0.1) is 10.9 Å². The molecular weight excluding hydrogens is 456 g/mol. The highest BCUT2D eigenvalue weighted by Gasteiger charge is 2.22. The maximum absolute atomic E-state index is 13.7. The number of rotatable bonds is 7. The lowest BCUT2D eigenvalue weighted by Gasteiger charge is -2.26. The topological polar surface area (TPSA) is 76.9 Å². The molecule has 0 atom stereocenters. The molecule has 1 aliphatic carbocycles. The number of hydrogen-bond donors (Lipinski definition) is 1. The first-order chi connectivity index (χ1) is 17.2. The summed E-state index contributed by atoms with van der Waals surface area (Å²) < 4.78 is 1.91. The molecule has 1 saturated carbocycles. The largest absolute Gasteiger partial charge is 0.348 e. The molecule has 1 aliphatic rings. The predicted octanol–water partition coefficient (Wildman–Crippen LogP) is 5.52. The summed E-state index contributed by atoms with van der Waals surface area (Å²) >= 11 is 1.57. The Morgan fingerprint density at radius 3 is 2.51 bits per heavy atom. The first-order valence-corrected chi connectivity index (χ1v) is 13.1. The zero-order valence-corrected chi connectivity index (χ0v) is 20.3. The van der Waals surface area contributed by atoms with Crippen LogP contribution in [0.2, 0.25) is 0 Å². The van der Waals surface area contributed by atoms with Crippen LogP contribution in [0.25, 0.3) is 10.9 Å². The number of carbonyl (C=O) groups excluding carboxylic acids is 1. The molecule has 1 fully saturated rings. The van der Waals surface area contributed by atoms with Gasteiger partial charge in [-0.3, -0.25) is 19.1 Å². The second kappa shape index (κ2) is 10.9. The molecule has 1 amide bonds. The molecule has 5 rings (SSSR count). The van der Waals surface area contributed by atoms with Crippen molar-refractivity contribution in [3.63, 3.8) is 0 Å². The third kappa shape index (κ3) is 5.46. The number of hydrogen-bond acceptors (Lipinski definition) is 5. The molecule has 0 bridgehead atoms. The Bertz CT molecular complexity index is 1370. The molecule has 7 heteroatoms. The van der Waals surface area contributed by atoms with Crippen molar-refractivity contribution in [3.05, 3.63) is 100 Å². The van der Waals surface area contributed by atoms with Gasteiger partial charge in [-0.25, -0.2) is 4.98 Å². The number of fused-ring (bicyclic) bond motifs is 1. The average molecular weight is 485 g/mol. The van der Waals surface area contributed by atoms with E-state index in [1.807, 2.05) is 47.0 Å². The molecule has 4 aromatic rings. The van der Waals surface area contributed by atoms with Crippen LogP contribution in [0.5, 0.6) is 0 Å². The van der Waals surface area contributed by atoms with Crippen LogP contribution in [0.3, 0.4) is 0 Å². The molecule has 0 radical (unpaired) electrons. The van der Waals surface area contributed by atoms with Gasteiger partial charge in [0.15, 0.2) is 5.16 Å². The maximum atomic E-state index is 13.7. The Kier molecular flexibility index (Phi) is 7.23. The van der Waals surface area contributed by atoms with Gasteiger partial charge in [0.2, 0.25) is 0 Å². The molecular formula is C28H28N4O2S. The Hall–Kier alpha value is -3.45. The summed E-state index contributed by atoms with van der Waals surface area (Å²) in [5.41, 5.74) is 3.20. The van der Waals surface area contributed by atoms with Crippen molar-refractivity contribution in [1.29, 1.82) is 0 Å². The van der Waals surface area contributed by atoms with E-state index in [9.17, 15) is 9.59 Å². The number of carbonyl (C=O) groups is 1. The molecule has 6 nitrogen and oxygen atoms in total. The summed E-state index contributed by atoms with van der Waals surface area (Å²) in [5, 5.41) is 4.23. The lowest BCUT2D eigenvalue weighted by Crippen LogP contribution is -2.29. The number of nitrogens with one attached hydrogen (secondary N) is 1. The Balaban J connectivity index is 1.46. The van der Waals surface area contributed by atoms with Crippen LogP contribution in [0.1, 0.15) is 59.6 Å². The van der Waals surface area contributed by atoms with E-state index in [1.165, 1.54) is 6.42 Å². The summed E-state index contributed by atoms with van der Waals surface area (Å²) in [4.78, 5) is 35.5. The first-order valence-electron chi connectivity index (χ1n) is 12.1. The third-order valence-corrected chi connectivity index (χ3v) is 7.51. The van der Waals surface area contributed by atoms with Crippen LogP contribution < -0.4 is 10.9 Å². The summed E-state index contributed by atoms with van der Waals surface area (Å²) in [6, 6.07) is 19.1. The minimum Gasteiger partial charge on any atom is -0.348 e. The van der Waals surface area contributed by atoms with E-state index in [2.05, 4.69) is 10.3 Å². The normalized spacial score (nSPS) is 14.2. The van der Waals surface area contributed by atoms with Crippen LogP contribution in [-0.2, 0) is 12.3 Å². The smallest absolute Gasteiger partial charge is 0.262 e. The van der Waals surface area contributed by atoms with E-state index < -0.39 is 0 Å². The molecule has 0 saturated heterocycles. The van der Waals surface area contributed by atoms with Gasteiger partial charge in [-0.05, 0) is 54.3 Å². The number of pyridine rings is 1. The van der Waals surface area contributed by atoms with Crippen molar-refractivity contribution < 1.29 is 4.79 Å². The quantitative estimate of drug-likeness (QED) is 0.276. The molecule has 0 unspecified atom stereocenters. The molecule has 2 aromatic carbocycles. The molecule has 2 aromatic heterocycles. The van der Waals surface area contributed by atoms with Gasteiger partial charge >= 0.3 is 0 Å². The van der Waals surface area contributed by atoms with Crippen LogP contribution in [0.15, 0.2) is 83.0 Å². The Morgan fingerprint density at radius 1 is 0.971 bits per heavy atom. The minimum absolute atomic E-state index is 0.0182. The van der Waals surface area contributed by atoms with Gasteiger partial charge in [0, 0.05) is 36.3 Å². The number of amides is 1. The van der Waals surface area contributed by atoms with Crippen molar-refractivity contribution in [3.8, 4) is 0 Å². The van der Waals surface area contributed by atoms with E-state index in [1.54, 1.807) is 42.4 Å². The van der Waals surface area contributed by atoms with Crippen LogP contribution in [-0.4, -0.2) is 20.4 Å². The highest BCUT2D eigenvalue weighted by atomic mass is 32.2. The summed E-state index contributed by atoms with van der Waals surface area (Å²) in [6.07, 6.45) is 9.02. The second-order valence-corrected chi connectivity index (χ2v) is 9.85. The Morgan fingerprint density at radius 2 is 1.74 bits per heavy atom. The second-order valence-electron chi connectivity index (χ2n) is 8.91. The van der Waals surface area contributed by atoms with Gasteiger partial charge in [-0.15, -0.1) is 0 Å². The fourth-order valence-electron chi connectivity index (χ4n) is 4.59. The van der Waals surface area contributed by atoms with E-state index >= 15 is 0 Å². The summed E-state index contributed by atoms with van der Waals surface area (Å²) in [5.74, 6) is 0.518. The van der Waals surface area contributed by atoms with Gasteiger partial charge in [-0.2, -0.15) is 0 Å². The van der Waals surface area contributed by atoms with Crippen LogP contribution >= 0.6 is 11.8 Å². The fourth-order valence-corrected chi connectivity index (χ4v) is 5.61. The minimum atomic E-state index is -0.181. The summed E-state index contributed by atoms with van der Waals surface area (Å²) in [7, 11) is 0. The Labute approximate surface area is 208 Å². The van der Waals surface area contributed by atoms with E-state index in [-0.39, 0.29) is 17.5 Å². The molecule has 0 spiro atoms. The number of benzene rings is 2. The fraction of sp³-hybridized carbons (Fsp3) is 0.286. The SMILES string of the molecule is O=C(NCc1ccccc1)c1ccc2c(=O)n(C3CCCCC3)c(SCc3ccncc3)nc2c1. The third-order valence-electron chi connectivity index (χ3n) is 6.48. The average Bonchev–Trinajstić information content (AvgIpc) is 2.92. The van der Waals surface area contributed by atoms with Crippen LogP contribution in [0.4, 0.5) is 0 Å². The van der Waals surface area contributed by atoms with Crippen molar-refractivity contribution in [2.45, 2.75) is 55.6 Å². The number of thioether (sulfide) groups is 1. The standard InChI is InChI=1S/C28H28N4O2S/c33-26(30-18-20-7-3-1-4-8-20)22-11-12-24-25(17-22)31-28(35-19-21-13-15-29-16-14-21)32(27(24)34)23-9-5-2-6-10-23/h1,3-4,7-8,11-17,23H,2,5-6,9-10,18-19H2,(H,30,33). The van der Waals surface area contributed by atoms with E-state index in [0.29, 0.717) is 33.9 Å². The van der Waals surface area contributed by atoms with Crippen molar-refractivity contribution in [2.24, 2.45) is 0 Å². The first kappa shape index (κ1) is 23.3. The lowest BCUT2D eigenvalue weighted by atomic mass is 9.95. The molecule has 1 N–H and O–H groups in total. The van der Waals surface area contributed by atoms with Gasteiger partial charge < -0.3 is 5.32 Å². The van der Waals surface area contributed by atoms with Gasteiger partial charge in [0.1, 0.15) is 0 Å². The van der Waals surface area contributed by atoms with E-state index in [0.717, 1.165) is 36.8 Å². The van der Waals surface area contributed by atoms with Gasteiger partial charge in [-0.1, -0.05) is 61.4 Å². The number of aromatic nitrogens is 3. The molecule has 178 valence electrons. The lowest BCUT2D eigenvalue weighted by molar-refractivity contribution is 0.0951. The van der Waals surface area contributed by atoms with Crippen molar-refractivity contribution >= 4 is 28.6 Å². The molecule has 35 heavy (non-hydrogen) atoms. The monoisotopic (exact) mass is 484 g/mol. The van der Waals surface area contributed by atoms with E-state index in [4.69, 9.17) is 4.98 Å². The molecule has 2 heterocycles.